The first-order chi connectivity index (χ1) is 12.5. The Hall–Kier alpha value is -2.42. The highest BCUT2D eigenvalue weighted by atomic mass is 35.5. The van der Waals surface area contributed by atoms with Crippen molar-refractivity contribution in [3.63, 3.8) is 0 Å². The highest BCUT2D eigenvalue weighted by Gasteiger charge is 2.16. The van der Waals surface area contributed by atoms with E-state index in [-0.39, 0.29) is 5.56 Å². The molecule has 26 heavy (non-hydrogen) atoms. The smallest absolute Gasteiger partial charge is 0.266 e. The zero-order chi connectivity index (χ0) is 18.3. The van der Waals surface area contributed by atoms with Crippen LogP contribution in [0.3, 0.4) is 0 Å². The zero-order valence-electron chi connectivity index (χ0n) is 13.5. The van der Waals surface area contributed by atoms with Gasteiger partial charge in [0.25, 0.3) is 5.56 Å². The second-order valence-corrected chi connectivity index (χ2v) is 8.20. The molecular formula is C17H12ClN5OS2. The van der Waals surface area contributed by atoms with Crippen LogP contribution < -0.4 is 11.3 Å². The molecule has 0 aliphatic rings. The molecule has 2 aromatic carbocycles. The first-order valence-electron chi connectivity index (χ1n) is 7.57. The number of hydrogen-bond donors (Lipinski definition) is 1. The molecule has 0 radical (unpaired) electrons. The topological polar surface area (TPSA) is 86.7 Å². The van der Waals surface area contributed by atoms with Crippen LogP contribution in [0.2, 0.25) is 5.02 Å². The molecule has 130 valence electrons. The van der Waals surface area contributed by atoms with Gasteiger partial charge in [0.05, 0.1) is 16.6 Å². The number of nitrogens with two attached hydrogens (primary N) is 1. The molecule has 0 spiro atoms. The lowest BCUT2D eigenvalue weighted by Gasteiger charge is -2.12. The Morgan fingerprint density at radius 3 is 2.62 bits per heavy atom. The number of aromatic nitrogens is 4. The molecule has 0 saturated heterocycles. The van der Waals surface area contributed by atoms with Crippen LogP contribution in [-0.4, -0.2) is 19.7 Å². The molecular weight excluding hydrogens is 390 g/mol. The zero-order valence-corrected chi connectivity index (χ0v) is 15.9. The summed E-state index contributed by atoms with van der Waals surface area (Å²) >= 11 is 8.48. The Morgan fingerprint density at radius 2 is 1.92 bits per heavy atom. The van der Waals surface area contributed by atoms with Gasteiger partial charge in [0.15, 0.2) is 9.50 Å². The summed E-state index contributed by atoms with van der Waals surface area (Å²) in [5.41, 5.74) is 7.81. The lowest BCUT2D eigenvalue weighted by atomic mass is 10.1. The first-order valence-corrected chi connectivity index (χ1v) is 9.58. The number of benzene rings is 2. The van der Waals surface area contributed by atoms with E-state index in [2.05, 4.69) is 15.2 Å². The van der Waals surface area contributed by atoms with Crippen molar-refractivity contribution in [1.29, 1.82) is 0 Å². The highest BCUT2D eigenvalue weighted by Crippen LogP contribution is 2.31. The maximum Gasteiger partial charge on any atom is 0.266 e. The van der Waals surface area contributed by atoms with Crippen LogP contribution in [0, 0.1) is 6.92 Å². The Bertz CT molecular complexity index is 1170. The molecule has 0 aliphatic heterocycles. The molecule has 0 fully saturated rings. The molecule has 0 unspecified atom stereocenters. The second kappa shape index (κ2) is 6.71. The number of rotatable bonds is 3. The second-order valence-electron chi connectivity index (χ2n) is 5.54. The third-order valence-electron chi connectivity index (χ3n) is 3.68. The Morgan fingerprint density at radius 1 is 1.15 bits per heavy atom. The lowest BCUT2D eigenvalue weighted by Crippen LogP contribution is -2.21. The number of hydrogen-bond acceptors (Lipinski definition) is 7. The molecule has 2 N–H and O–H groups in total. The van der Waals surface area contributed by atoms with Crippen LogP contribution in [0.4, 0.5) is 5.13 Å². The minimum Gasteiger partial charge on any atom is -0.374 e. The molecule has 0 saturated carbocycles. The third kappa shape index (κ3) is 3.18. The number of halogens is 1. The van der Waals surface area contributed by atoms with Gasteiger partial charge in [-0.15, -0.1) is 10.2 Å². The van der Waals surface area contributed by atoms with E-state index in [1.807, 2.05) is 25.1 Å². The predicted molar refractivity (Wildman–Crippen MR) is 106 cm³/mol. The average molecular weight is 402 g/mol. The van der Waals surface area contributed by atoms with E-state index < -0.39 is 0 Å². The van der Waals surface area contributed by atoms with Crippen LogP contribution in [0.25, 0.3) is 16.6 Å². The standard InChI is InChI=1S/C17H12ClN5OS2/c1-9-2-7-13-12(8-9)14(24)23(11-5-3-10(18)4-6-11)16(20-13)26-17-22-21-15(19)25-17/h2-8H,1H3,(H2,19,21). The van der Waals surface area contributed by atoms with Gasteiger partial charge in [0, 0.05) is 5.02 Å². The summed E-state index contributed by atoms with van der Waals surface area (Å²) in [5, 5.41) is 9.84. The summed E-state index contributed by atoms with van der Waals surface area (Å²) in [5.74, 6) is 0. The Balaban J connectivity index is 1.98. The van der Waals surface area contributed by atoms with E-state index >= 15 is 0 Å². The monoisotopic (exact) mass is 401 g/mol. The molecule has 0 amide bonds. The Kier molecular flexibility index (Phi) is 4.39. The van der Waals surface area contributed by atoms with E-state index in [0.29, 0.717) is 36.2 Å². The summed E-state index contributed by atoms with van der Waals surface area (Å²) in [7, 11) is 0. The van der Waals surface area contributed by atoms with Crippen LogP contribution in [-0.2, 0) is 0 Å². The van der Waals surface area contributed by atoms with Crippen LogP contribution in [0.1, 0.15) is 5.56 Å². The lowest BCUT2D eigenvalue weighted by molar-refractivity contribution is 0.818. The molecule has 2 heterocycles. The minimum atomic E-state index is -0.152. The fourth-order valence-electron chi connectivity index (χ4n) is 2.51. The molecule has 4 aromatic rings. The van der Waals surface area contributed by atoms with Gasteiger partial charge in [-0.1, -0.05) is 34.6 Å². The van der Waals surface area contributed by atoms with E-state index in [9.17, 15) is 4.79 Å². The van der Waals surface area contributed by atoms with Crippen molar-refractivity contribution in [3.05, 3.63) is 63.4 Å². The first kappa shape index (κ1) is 17.0. The molecule has 6 nitrogen and oxygen atoms in total. The van der Waals surface area contributed by atoms with Crippen molar-refractivity contribution >= 4 is 50.7 Å². The van der Waals surface area contributed by atoms with Crippen molar-refractivity contribution in [2.24, 2.45) is 0 Å². The maximum atomic E-state index is 13.2. The van der Waals surface area contributed by atoms with E-state index in [1.54, 1.807) is 28.8 Å². The van der Waals surface area contributed by atoms with Crippen LogP contribution in [0.15, 0.2) is 56.8 Å². The largest absolute Gasteiger partial charge is 0.374 e. The summed E-state index contributed by atoms with van der Waals surface area (Å²) in [6.07, 6.45) is 0. The predicted octanol–water partition coefficient (Wildman–Crippen LogP) is 3.93. The molecule has 0 bridgehead atoms. The summed E-state index contributed by atoms with van der Waals surface area (Å²) in [4.78, 5) is 17.9. The summed E-state index contributed by atoms with van der Waals surface area (Å²) < 4.78 is 2.17. The van der Waals surface area contributed by atoms with Gasteiger partial charge in [-0.3, -0.25) is 9.36 Å². The Labute approximate surface area is 161 Å². The molecule has 9 heteroatoms. The van der Waals surface area contributed by atoms with E-state index in [0.717, 1.165) is 5.56 Å². The minimum absolute atomic E-state index is 0.152. The highest BCUT2D eigenvalue weighted by molar-refractivity contribution is 8.00. The average Bonchev–Trinajstić information content (AvgIpc) is 3.02. The summed E-state index contributed by atoms with van der Waals surface area (Å²) in [6, 6.07) is 12.7. The van der Waals surface area contributed by atoms with E-state index in [4.69, 9.17) is 17.3 Å². The van der Waals surface area contributed by atoms with Crippen molar-refractivity contribution in [1.82, 2.24) is 19.7 Å². The maximum absolute atomic E-state index is 13.2. The molecule has 0 atom stereocenters. The van der Waals surface area contributed by atoms with Crippen LogP contribution in [0.5, 0.6) is 0 Å². The van der Waals surface area contributed by atoms with Gasteiger partial charge >= 0.3 is 0 Å². The van der Waals surface area contributed by atoms with Gasteiger partial charge < -0.3 is 5.73 Å². The van der Waals surface area contributed by atoms with Crippen molar-refractivity contribution in [2.75, 3.05) is 5.73 Å². The normalized spacial score (nSPS) is 11.2. The fraction of sp³-hybridized carbons (Fsp3) is 0.0588. The van der Waals surface area contributed by atoms with Crippen molar-refractivity contribution in [2.45, 2.75) is 16.4 Å². The third-order valence-corrected chi connectivity index (χ3v) is 5.69. The van der Waals surface area contributed by atoms with Crippen molar-refractivity contribution in [3.8, 4) is 5.69 Å². The molecule has 0 aliphatic carbocycles. The van der Waals surface area contributed by atoms with Crippen molar-refractivity contribution < 1.29 is 0 Å². The number of nitrogen functional groups attached to an aromatic ring is 1. The van der Waals surface area contributed by atoms with Gasteiger partial charge in [0.2, 0.25) is 5.13 Å². The number of fused-ring (bicyclic) bond motifs is 1. The van der Waals surface area contributed by atoms with Gasteiger partial charge in [0.1, 0.15) is 0 Å². The summed E-state index contributed by atoms with van der Waals surface area (Å²) in [6.45, 7) is 1.94. The quantitative estimate of drug-likeness (QED) is 0.523. The molecule has 2 aromatic heterocycles. The van der Waals surface area contributed by atoms with E-state index in [1.165, 1.54) is 23.1 Å². The SMILES string of the molecule is Cc1ccc2nc(Sc3nnc(N)s3)n(-c3ccc(Cl)cc3)c(=O)c2c1. The van der Waals surface area contributed by atoms with Gasteiger partial charge in [-0.05, 0) is 55.1 Å². The number of nitrogens with zero attached hydrogens (tertiary/aromatic N) is 4. The number of anilines is 1. The number of aryl methyl sites for hydroxylation is 1. The van der Waals surface area contributed by atoms with Crippen LogP contribution >= 0.6 is 34.7 Å². The fourth-order valence-corrected chi connectivity index (χ4v) is 4.28. The molecule has 4 rings (SSSR count). The van der Waals surface area contributed by atoms with Gasteiger partial charge in [-0.25, -0.2) is 4.98 Å². The van der Waals surface area contributed by atoms with Gasteiger partial charge in [-0.2, -0.15) is 0 Å².